The fourth-order valence-electron chi connectivity index (χ4n) is 3.30. The summed E-state index contributed by atoms with van der Waals surface area (Å²) in [6.45, 7) is 0. The summed E-state index contributed by atoms with van der Waals surface area (Å²) in [4.78, 5) is 8.96. The summed E-state index contributed by atoms with van der Waals surface area (Å²) in [6.07, 6.45) is 3.23. The van der Waals surface area contributed by atoms with Crippen molar-refractivity contribution >= 4 is 34.7 Å². The van der Waals surface area contributed by atoms with E-state index in [1.54, 1.807) is 6.21 Å². The van der Waals surface area contributed by atoms with Crippen LogP contribution in [0.3, 0.4) is 0 Å². The van der Waals surface area contributed by atoms with E-state index < -0.39 is 0 Å². The Morgan fingerprint density at radius 2 is 1.55 bits per heavy atom. The molecule has 5 rings (SSSR count). The number of para-hydroxylation sites is 1. The zero-order valence-corrected chi connectivity index (χ0v) is 17.1. The maximum absolute atomic E-state index is 5.95. The molecule has 31 heavy (non-hydrogen) atoms. The normalized spacial score (nSPS) is 11.3. The van der Waals surface area contributed by atoms with Crippen molar-refractivity contribution in [3.63, 3.8) is 0 Å². The Hall–Kier alpha value is -4.03. The Bertz CT molecular complexity index is 1350. The monoisotopic (exact) mass is 424 g/mol. The van der Waals surface area contributed by atoms with Crippen LogP contribution in [0.1, 0.15) is 5.56 Å². The van der Waals surface area contributed by atoms with Crippen molar-refractivity contribution in [2.75, 3.05) is 5.43 Å². The lowest BCUT2D eigenvalue weighted by Gasteiger charge is -2.04. The molecule has 150 valence electrons. The molecule has 0 aliphatic rings. The molecule has 5 aromatic rings. The summed E-state index contributed by atoms with van der Waals surface area (Å²) in [6, 6.07) is 27.3. The molecule has 7 heteroatoms. The highest BCUT2D eigenvalue weighted by molar-refractivity contribution is 6.30. The molecule has 0 amide bonds. The molecule has 0 spiro atoms. The maximum atomic E-state index is 5.95. The van der Waals surface area contributed by atoms with E-state index in [9.17, 15) is 0 Å². The molecule has 3 aromatic carbocycles. The van der Waals surface area contributed by atoms with Crippen molar-refractivity contribution < 1.29 is 0 Å². The van der Waals surface area contributed by atoms with E-state index in [4.69, 9.17) is 16.7 Å². The van der Waals surface area contributed by atoms with Crippen molar-refractivity contribution in [3.05, 3.63) is 102 Å². The van der Waals surface area contributed by atoms with Crippen LogP contribution in [-0.2, 0) is 0 Å². The summed E-state index contributed by atoms with van der Waals surface area (Å²) in [5.74, 6) is 0.580. The molecule has 0 radical (unpaired) electrons. The second-order valence-electron chi connectivity index (χ2n) is 6.80. The van der Waals surface area contributed by atoms with Gasteiger partial charge in [-0.2, -0.15) is 10.2 Å². The fourth-order valence-corrected chi connectivity index (χ4v) is 3.43. The molecule has 6 nitrogen and oxygen atoms in total. The summed E-state index contributed by atoms with van der Waals surface area (Å²) in [5.41, 5.74) is 7.35. The molecule has 0 saturated carbocycles. The van der Waals surface area contributed by atoms with Crippen LogP contribution in [0.25, 0.3) is 28.0 Å². The lowest BCUT2D eigenvalue weighted by atomic mass is 10.1. The number of benzene rings is 3. The average molecular weight is 425 g/mol. The maximum Gasteiger partial charge on any atom is 0.169 e. The number of rotatable bonds is 5. The molecule has 0 aliphatic heterocycles. The zero-order chi connectivity index (χ0) is 21.0. The average Bonchev–Trinajstić information content (AvgIpc) is 3.22. The third-order valence-corrected chi connectivity index (χ3v) is 5.02. The summed E-state index contributed by atoms with van der Waals surface area (Å²) >= 11 is 5.95. The third-order valence-electron chi connectivity index (χ3n) is 4.77. The second kappa shape index (κ2) is 8.38. The second-order valence-corrected chi connectivity index (χ2v) is 7.24. The highest BCUT2D eigenvalue weighted by Crippen LogP contribution is 2.32. The topological polar surface area (TPSA) is 68.0 Å². The number of fused-ring (bicyclic) bond motifs is 1. The number of hydrogen-bond donors (Lipinski definition) is 1. The number of aromatic nitrogens is 4. The molecule has 1 N–H and O–H groups in total. The quantitative estimate of drug-likeness (QED) is 0.295. The molecule has 0 saturated heterocycles. The van der Waals surface area contributed by atoms with Gasteiger partial charge < -0.3 is 0 Å². The molecule has 2 aromatic heterocycles. The Balaban J connectivity index is 1.62. The van der Waals surface area contributed by atoms with Gasteiger partial charge in [0.2, 0.25) is 0 Å². The van der Waals surface area contributed by atoms with E-state index in [1.807, 2.05) is 89.6 Å². The van der Waals surface area contributed by atoms with Gasteiger partial charge in [0, 0.05) is 10.6 Å². The molecule has 0 aliphatic carbocycles. The molecule has 2 heterocycles. The van der Waals surface area contributed by atoms with Gasteiger partial charge in [-0.1, -0.05) is 72.3 Å². The summed E-state index contributed by atoms with van der Waals surface area (Å²) < 4.78 is 1.83. The minimum Gasteiger partial charge on any atom is -0.261 e. The Morgan fingerprint density at radius 3 is 2.29 bits per heavy atom. The first-order valence-electron chi connectivity index (χ1n) is 9.69. The van der Waals surface area contributed by atoms with Gasteiger partial charge in [0.25, 0.3) is 0 Å². The molecule has 0 unspecified atom stereocenters. The van der Waals surface area contributed by atoms with E-state index in [0.29, 0.717) is 16.5 Å². The molecule has 0 bridgehead atoms. The molecule has 0 atom stereocenters. The van der Waals surface area contributed by atoms with Crippen LogP contribution in [0.4, 0.5) is 5.82 Å². The Kier molecular flexibility index (Phi) is 5.12. The molecular formula is C24H17ClN6. The number of hydrazone groups is 1. The fraction of sp³-hybridized carbons (Fsp3) is 0. The summed E-state index contributed by atoms with van der Waals surface area (Å²) in [5, 5.41) is 10.7. The highest BCUT2D eigenvalue weighted by Gasteiger charge is 2.18. The van der Waals surface area contributed by atoms with E-state index in [2.05, 4.69) is 20.5 Å². The Morgan fingerprint density at radius 1 is 0.839 bits per heavy atom. The van der Waals surface area contributed by atoms with Crippen LogP contribution in [0.5, 0.6) is 0 Å². The first-order chi connectivity index (χ1) is 15.3. The minimum absolute atomic E-state index is 0.580. The van der Waals surface area contributed by atoms with Crippen LogP contribution in [0, 0.1) is 0 Å². The Labute approximate surface area is 183 Å². The SMILES string of the molecule is Clc1ccc(/C=N/Nc2ncnc3c2c(-c2ccccc2)nn3-c2ccccc2)cc1. The first-order valence-corrected chi connectivity index (χ1v) is 10.1. The van der Waals surface area contributed by atoms with Gasteiger partial charge in [-0.15, -0.1) is 0 Å². The van der Waals surface area contributed by atoms with E-state index in [0.717, 1.165) is 27.9 Å². The van der Waals surface area contributed by atoms with Gasteiger partial charge in [-0.05, 0) is 29.8 Å². The van der Waals surface area contributed by atoms with Crippen molar-refractivity contribution in [3.8, 4) is 16.9 Å². The van der Waals surface area contributed by atoms with Gasteiger partial charge in [0.1, 0.15) is 12.0 Å². The number of halogens is 1. The largest absolute Gasteiger partial charge is 0.261 e. The number of anilines is 1. The third kappa shape index (κ3) is 3.89. The van der Waals surface area contributed by atoms with E-state index >= 15 is 0 Å². The highest BCUT2D eigenvalue weighted by atomic mass is 35.5. The smallest absolute Gasteiger partial charge is 0.169 e. The van der Waals surface area contributed by atoms with Crippen LogP contribution in [-0.4, -0.2) is 26.0 Å². The molecule has 0 fully saturated rings. The predicted octanol–water partition coefficient (Wildman–Crippen LogP) is 5.58. The van der Waals surface area contributed by atoms with E-state index in [-0.39, 0.29) is 0 Å². The van der Waals surface area contributed by atoms with Crippen molar-refractivity contribution in [1.29, 1.82) is 0 Å². The van der Waals surface area contributed by atoms with Crippen molar-refractivity contribution in [2.24, 2.45) is 5.10 Å². The molecular weight excluding hydrogens is 408 g/mol. The van der Waals surface area contributed by atoms with Crippen molar-refractivity contribution in [1.82, 2.24) is 19.7 Å². The minimum atomic E-state index is 0.580. The van der Waals surface area contributed by atoms with Crippen LogP contribution >= 0.6 is 11.6 Å². The number of nitrogens with zero attached hydrogens (tertiary/aromatic N) is 5. The van der Waals surface area contributed by atoms with Crippen LogP contribution in [0.2, 0.25) is 5.02 Å². The number of nitrogens with one attached hydrogen (secondary N) is 1. The van der Waals surface area contributed by atoms with Gasteiger partial charge >= 0.3 is 0 Å². The lowest BCUT2D eigenvalue weighted by Crippen LogP contribution is -1.99. The van der Waals surface area contributed by atoms with Gasteiger partial charge in [-0.25, -0.2) is 14.6 Å². The van der Waals surface area contributed by atoms with Crippen molar-refractivity contribution in [2.45, 2.75) is 0 Å². The van der Waals surface area contributed by atoms with Crippen LogP contribution in [0.15, 0.2) is 96.4 Å². The van der Waals surface area contributed by atoms with Gasteiger partial charge in [0.15, 0.2) is 11.5 Å². The van der Waals surface area contributed by atoms with Gasteiger partial charge in [0.05, 0.1) is 17.3 Å². The van der Waals surface area contributed by atoms with E-state index in [1.165, 1.54) is 6.33 Å². The summed E-state index contributed by atoms with van der Waals surface area (Å²) in [7, 11) is 0. The van der Waals surface area contributed by atoms with Crippen LogP contribution < -0.4 is 5.43 Å². The zero-order valence-electron chi connectivity index (χ0n) is 16.4. The lowest BCUT2D eigenvalue weighted by molar-refractivity contribution is 0.899. The number of hydrogen-bond acceptors (Lipinski definition) is 5. The first kappa shape index (κ1) is 19.0. The van der Waals surface area contributed by atoms with Gasteiger partial charge in [-0.3, -0.25) is 5.43 Å². The predicted molar refractivity (Wildman–Crippen MR) is 125 cm³/mol. The standard InChI is InChI=1S/C24H17ClN6/c25-19-13-11-17(12-14-19)15-28-29-23-21-22(18-7-3-1-4-8-18)30-31(24(21)27-16-26-23)20-9-5-2-6-10-20/h1-16H,(H,26,27,29)/b28-15+.